The second-order valence-electron chi connectivity index (χ2n) is 7.05. The van der Waals surface area contributed by atoms with E-state index in [1.165, 1.54) is 55.0 Å². The molecule has 2 fully saturated rings. The predicted octanol–water partition coefficient (Wildman–Crippen LogP) is 4.10. The van der Waals surface area contributed by atoms with Crippen LogP contribution in [-0.4, -0.2) is 28.5 Å². The Morgan fingerprint density at radius 1 is 1.24 bits per heavy atom. The highest BCUT2D eigenvalue weighted by Gasteiger charge is 2.52. The zero-order chi connectivity index (χ0) is 14.4. The van der Waals surface area contributed by atoms with Gasteiger partial charge in [0.15, 0.2) is 0 Å². The van der Waals surface area contributed by atoms with E-state index in [2.05, 4.69) is 48.1 Å². The summed E-state index contributed by atoms with van der Waals surface area (Å²) in [7, 11) is 2.34. The van der Waals surface area contributed by atoms with Crippen LogP contribution in [0, 0.1) is 6.92 Å². The molecule has 0 unspecified atom stereocenters. The molecular weight excluding hydrogens is 256 g/mol. The first kappa shape index (κ1) is 13.3. The number of nitrogens with zero attached hydrogens (tertiary/aromatic N) is 2. The minimum Gasteiger partial charge on any atom is -0.298 e. The summed E-state index contributed by atoms with van der Waals surface area (Å²) in [4.78, 5) is 7.20. The predicted molar refractivity (Wildman–Crippen MR) is 87.6 cm³/mol. The molecule has 21 heavy (non-hydrogen) atoms. The minimum absolute atomic E-state index is 0.618. The molecule has 1 spiro atoms. The maximum absolute atomic E-state index is 4.52. The molecule has 4 rings (SSSR count). The maximum atomic E-state index is 4.52. The Morgan fingerprint density at radius 3 is 2.86 bits per heavy atom. The number of aromatic nitrogens is 1. The van der Waals surface area contributed by atoms with Crippen LogP contribution in [0.4, 0.5) is 0 Å². The van der Waals surface area contributed by atoms with Gasteiger partial charge in [-0.1, -0.05) is 12.1 Å². The third-order valence-corrected chi connectivity index (χ3v) is 5.86. The van der Waals surface area contributed by atoms with Gasteiger partial charge in [-0.2, -0.15) is 0 Å². The molecule has 1 aliphatic carbocycles. The SMILES string of the molecule is Cc1ccnc2cc(CC[C@@H]3CCC4(CC4)N3C)ccc12. The molecule has 0 bridgehead atoms. The van der Waals surface area contributed by atoms with E-state index in [1.54, 1.807) is 0 Å². The quantitative estimate of drug-likeness (QED) is 0.841. The Labute approximate surface area is 127 Å². The summed E-state index contributed by atoms with van der Waals surface area (Å²) in [5.41, 5.74) is 4.52. The van der Waals surface area contributed by atoms with Crippen molar-refractivity contribution in [2.45, 2.75) is 57.0 Å². The van der Waals surface area contributed by atoms with Crippen molar-refractivity contribution >= 4 is 10.9 Å². The van der Waals surface area contributed by atoms with Crippen LogP contribution in [0.5, 0.6) is 0 Å². The molecule has 0 amide bonds. The highest BCUT2D eigenvalue weighted by atomic mass is 15.3. The Hall–Kier alpha value is -1.41. The lowest BCUT2D eigenvalue weighted by atomic mass is 10.0. The van der Waals surface area contributed by atoms with Gasteiger partial charge in [0.25, 0.3) is 0 Å². The fraction of sp³-hybridized carbons (Fsp3) is 0.526. The van der Waals surface area contributed by atoms with Crippen LogP contribution >= 0.6 is 0 Å². The number of benzene rings is 1. The van der Waals surface area contributed by atoms with Crippen LogP contribution in [0.15, 0.2) is 30.5 Å². The van der Waals surface area contributed by atoms with Crippen molar-refractivity contribution in [3.05, 3.63) is 41.6 Å². The number of likely N-dealkylation sites (tertiary alicyclic amines) is 1. The molecule has 2 heterocycles. The lowest BCUT2D eigenvalue weighted by Gasteiger charge is -2.25. The van der Waals surface area contributed by atoms with E-state index in [1.807, 2.05) is 6.20 Å². The van der Waals surface area contributed by atoms with E-state index in [4.69, 9.17) is 0 Å². The van der Waals surface area contributed by atoms with Gasteiger partial charge < -0.3 is 0 Å². The molecular formula is C19H24N2. The van der Waals surface area contributed by atoms with Crippen LogP contribution in [0.1, 0.15) is 43.2 Å². The highest BCUT2D eigenvalue weighted by molar-refractivity contribution is 5.82. The number of fused-ring (bicyclic) bond motifs is 1. The van der Waals surface area contributed by atoms with E-state index < -0.39 is 0 Å². The first-order valence-electron chi connectivity index (χ1n) is 8.25. The monoisotopic (exact) mass is 280 g/mol. The third-order valence-electron chi connectivity index (χ3n) is 5.86. The lowest BCUT2D eigenvalue weighted by Crippen LogP contribution is -2.33. The molecule has 2 heteroatoms. The van der Waals surface area contributed by atoms with E-state index in [0.29, 0.717) is 5.54 Å². The van der Waals surface area contributed by atoms with Crippen LogP contribution in [-0.2, 0) is 6.42 Å². The van der Waals surface area contributed by atoms with E-state index in [-0.39, 0.29) is 0 Å². The third kappa shape index (κ3) is 2.26. The topological polar surface area (TPSA) is 16.1 Å². The Bertz CT molecular complexity index is 672. The van der Waals surface area contributed by atoms with Crippen molar-refractivity contribution in [1.82, 2.24) is 9.88 Å². The number of hydrogen-bond donors (Lipinski definition) is 0. The Morgan fingerprint density at radius 2 is 2.10 bits per heavy atom. The molecule has 2 aromatic rings. The van der Waals surface area contributed by atoms with Gasteiger partial charge in [-0.3, -0.25) is 9.88 Å². The van der Waals surface area contributed by atoms with Gasteiger partial charge in [-0.25, -0.2) is 0 Å². The summed E-state index contributed by atoms with van der Waals surface area (Å²) in [6.07, 6.45) is 10.1. The number of pyridine rings is 1. The van der Waals surface area contributed by atoms with Gasteiger partial charge >= 0.3 is 0 Å². The summed E-state index contributed by atoms with van der Waals surface area (Å²) < 4.78 is 0. The largest absolute Gasteiger partial charge is 0.298 e. The second-order valence-corrected chi connectivity index (χ2v) is 7.05. The van der Waals surface area contributed by atoms with Crippen molar-refractivity contribution in [3.63, 3.8) is 0 Å². The minimum atomic E-state index is 0.618. The molecule has 0 N–H and O–H groups in total. The number of hydrogen-bond acceptors (Lipinski definition) is 2. The summed E-state index contributed by atoms with van der Waals surface area (Å²) in [5, 5.41) is 1.29. The molecule has 0 radical (unpaired) electrons. The first-order chi connectivity index (χ1) is 10.2. The average Bonchev–Trinajstić information content (AvgIpc) is 3.21. The standard InChI is InChI=1S/C19H24N2/c1-14-8-12-20-18-13-15(4-6-17(14)18)3-5-16-7-9-19(10-11-19)21(16)2/h4,6,8,12-13,16H,3,5,7,9-11H2,1-2H3/t16-/m1/s1. The molecule has 1 aromatic heterocycles. The fourth-order valence-corrected chi connectivity index (χ4v) is 4.10. The van der Waals surface area contributed by atoms with Crippen LogP contribution in [0.2, 0.25) is 0 Å². The van der Waals surface area contributed by atoms with Crippen molar-refractivity contribution in [2.24, 2.45) is 0 Å². The van der Waals surface area contributed by atoms with Crippen molar-refractivity contribution in [3.8, 4) is 0 Å². The van der Waals surface area contributed by atoms with Gasteiger partial charge in [0.2, 0.25) is 0 Å². The Balaban J connectivity index is 1.48. The van der Waals surface area contributed by atoms with Crippen LogP contribution in [0.3, 0.4) is 0 Å². The first-order valence-corrected chi connectivity index (χ1v) is 8.25. The van der Waals surface area contributed by atoms with E-state index >= 15 is 0 Å². The summed E-state index contributed by atoms with van der Waals surface area (Å²) in [5.74, 6) is 0. The van der Waals surface area contributed by atoms with Crippen molar-refractivity contribution in [2.75, 3.05) is 7.05 Å². The fourth-order valence-electron chi connectivity index (χ4n) is 4.10. The van der Waals surface area contributed by atoms with Gasteiger partial charge in [-0.15, -0.1) is 0 Å². The normalized spacial score (nSPS) is 24.0. The molecule has 2 aliphatic rings. The zero-order valence-corrected chi connectivity index (χ0v) is 13.1. The number of aryl methyl sites for hydroxylation is 2. The molecule has 2 nitrogen and oxygen atoms in total. The summed E-state index contributed by atoms with van der Waals surface area (Å²) >= 11 is 0. The van der Waals surface area contributed by atoms with Crippen molar-refractivity contribution < 1.29 is 0 Å². The molecule has 1 atom stereocenters. The molecule has 1 saturated carbocycles. The maximum Gasteiger partial charge on any atom is 0.0707 e. The second kappa shape index (κ2) is 4.81. The van der Waals surface area contributed by atoms with Gasteiger partial charge in [-0.05, 0) is 75.8 Å². The van der Waals surface area contributed by atoms with Crippen LogP contribution in [0.25, 0.3) is 10.9 Å². The van der Waals surface area contributed by atoms with Gasteiger partial charge in [0, 0.05) is 23.2 Å². The van der Waals surface area contributed by atoms with Crippen LogP contribution < -0.4 is 0 Å². The summed E-state index contributed by atoms with van der Waals surface area (Å²) in [6.45, 7) is 2.16. The highest BCUT2D eigenvalue weighted by Crippen LogP contribution is 2.51. The Kier molecular flexibility index (Phi) is 3.04. The van der Waals surface area contributed by atoms with Gasteiger partial charge in [0.05, 0.1) is 5.52 Å². The van der Waals surface area contributed by atoms with Crippen molar-refractivity contribution in [1.29, 1.82) is 0 Å². The number of rotatable bonds is 3. The zero-order valence-electron chi connectivity index (χ0n) is 13.1. The smallest absolute Gasteiger partial charge is 0.0707 e. The molecule has 1 aromatic carbocycles. The summed E-state index contributed by atoms with van der Waals surface area (Å²) in [6, 6.07) is 9.69. The van der Waals surface area contributed by atoms with E-state index in [9.17, 15) is 0 Å². The average molecular weight is 280 g/mol. The van der Waals surface area contributed by atoms with E-state index in [0.717, 1.165) is 11.6 Å². The molecule has 1 saturated heterocycles. The lowest BCUT2D eigenvalue weighted by molar-refractivity contribution is 0.216. The molecule has 110 valence electrons. The van der Waals surface area contributed by atoms with Gasteiger partial charge in [0.1, 0.15) is 0 Å². The molecule has 1 aliphatic heterocycles.